The van der Waals surface area contributed by atoms with Crippen LogP contribution in [0.3, 0.4) is 0 Å². The van der Waals surface area contributed by atoms with E-state index in [4.69, 9.17) is 4.74 Å². The van der Waals surface area contributed by atoms with Gasteiger partial charge in [0.05, 0.1) is 22.3 Å². The zero-order valence-electron chi connectivity index (χ0n) is 14.9. The highest BCUT2D eigenvalue weighted by Gasteiger charge is 2.15. The van der Waals surface area contributed by atoms with E-state index < -0.39 is 16.8 Å². The fraction of sp³-hybridized carbons (Fsp3) is 0. The van der Waals surface area contributed by atoms with Crippen molar-refractivity contribution < 1.29 is 19.2 Å². The molecule has 3 aromatic rings. The maximum absolute atomic E-state index is 12.3. The van der Waals surface area contributed by atoms with Gasteiger partial charge >= 0.3 is 5.97 Å². The molecule has 0 aliphatic rings. The Morgan fingerprint density at radius 1 is 1.07 bits per heavy atom. The largest absolute Gasteiger partial charge is 0.422 e. The van der Waals surface area contributed by atoms with Gasteiger partial charge in [0.15, 0.2) is 0 Å². The highest BCUT2D eigenvalue weighted by atomic mass is 16.6. The second-order valence-electron chi connectivity index (χ2n) is 5.68. The first kappa shape index (κ1) is 19.4. The number of hydrazone groups is 1. The summed E-state index contributed by atoms with van der Waals surface area (Å²) in [6, 6.07) is 15.1. The van der Waals surface area contributed by atoms with Gasteiger partial charge < -0.3 is 4.74 Å². The number of carbonyl (C=O) groups excluding carboxylic acids is 2. The van der Waals surface area contributed by atoms with Crippen molar-refractivity contribution in [3.05, 3.63) is 99.9 Å². The summed E-state index contributed by atoms with van der Waals surface area (Å²) in [5, 5.41) is 14.8. The molecule has 144 valence electrons. The van der Waals surface area contributed by atoms with Crippen molar-refractivity contribution in [1.82, 2.24) is 10.4 Å². The SMILES string of the molecule is O=C(N/N=C\c1cc([N+](=O)[O-])ccc1OC(=O)c1ccccc1)c1cccnc1. The molecule has 0 unspecified atom stereocenters. The zero-order chi connectivity index (χ0) is 20.6. The number of aromatic nitrogens is 1. The van der Waals surface area contributed by atoms with Crippen LogP contribution < -0.4 is 10.2 Å². The molecule has 9 nitrogen and oxygen atoms in total. The molecule has 2 aromatic carbocycles. The van der Waals surface area contributed by atoms with Gasteiger partial charge in [-0.15, -0.1) is 0 Å². The summed E-state index contributed by atoms with van der Waals surface area (Å²) in [6.45, 7) is 0. The van der Waals surface area contributed by atoms with Crippen molar-refractivity contribution in [3.8, 4) is 5.75 Å². The number of nitrogens with zero attached hydrogens (tertiary/aromatic N) is 3. The van der Waals surface area contributed by atoms with Gasteiger partial charge in [-0.25, -0.2) is 10.2 Å². The minimum atomic E-state index is -0.631. The summed E-state index contributed by atoms with van der Waals surface area (Å²) in [5.41, 5.74) is 2.83. The van der Waals surface area contributed by atoms with Crippen LogP contribution >= 0.6 is 0 Å². The third kappa shape index (κ3) is 5.07. The molecule has 0 fully saturated rings. The van der Waals surface area contributed by atoms with E-state index >= 15 is 0 Å². The first-order valence-electron chi connectivity index (χ1n) is 8.33. The van der Waals surface area contributed by atoms with E-state index in [0.29, 0.717) is 11.1 Å². The Kier molecular flexibility index (Phi) is 6.01. The van der Waals surface area contributed by atoms with Crippen molar-refractivity contribution in [2.24, 2.45) is 5.10 Å². The van der Waals surface area contributed by atoms with Crippen LogP contribution in [0, 0.1) is 10.1 Å². The van der Waals surface area contributed by atoms with E-state index in [1.165, 1.54) is 30.6 Å². The van der Waals surface area contributed by atoms with E-state index in [1.807, 2.05) is 0 Å². The Morgan fingerprint density at radius 3 is 2.52 bits per heavy atom. The topological polar surface area (TPSA) is 124 Å². The van der Waals surface area contributed by atoms with E-state index in [-0.39, 0.29) is 17.0 Å². The number of rotatable bonds is 6. The minimum absolute atomic E-state index is 0.0591. The fourth-order valence-corrected chi connectivity index (χ4v) is 2.30. The van der Waals surface area contributed by atoms with Gasteiger partial charge in [-0.05, 0) is 30.3 Å². The van der Waals surface area contributed by atoms with Gasteiger partial charge in [-0.1, -0.05) is 18.2 Å². The molecule has 1 amide bonds. The molecule has 0 saturated heterocycles. The molecular weight excluding hydrogens is 376 g/mol. The van der Waals surface area contributed by atoms with Gasteiger partial charge in [0.1, 0.15) is 5.75 Å². The smallest absolute Gasteiger partial charge is 0.343 e. The Hall–Kier alpha value is -4.40. The number of nitrogens with one attached hydrogen (secondary N) is 1. The quantitative estimate of drug-likeness (QED) is 0.227. The van der Waals surface area contributed by atoms with Crippen LogP contribution in [0.15, 0.2) is 78.2 Å². The molecule has 0 saturated carbocycles. The van der Waals surface area contributed by atoms with Crippen LogP contribution in [0.5, 0.6) is 5.75 Å². The van der Waals surface area contributed by atoms with E-state index in [2.05, 4.69) is 15.5 Å². The highest BCUT2D eigenvalue weighted by molar-refractivity contribution is 5.96. The number of benzene rings is 2. The average molecular weight is 390 g/mol. The Morgan fingerprint density at radius 2 is 1.83 bits per heavy atom. The molecule has 9 heteroatoms. The van der Waals surface area contributed by atoms with Crippen LogP contribution in [0.4, 0.5) is 5.69 Å². The van der Waals surface area contributed by atoms with Gasteiger partial charge in [0.25, 0.3) is 11.6 Å². The number of hydrogen-bond donors (Lipinski definition) is 1. The monoisotopic (exact) mass is 390 g/mol. The van der Waals surface area contributed by atoms with Crippen LogP contribution in [-0.4, -0.2) is 28.0 Å². The first-order valence-corrected chi connectivity index (χ1v) is 8.33. The third-order valence-electron chi connectivity index (χ3n) is 3.71. The predicted octanol–water partition coefficient (Wildman–Crippen LogP) is 2.97. The lowest BCUT2D eigenvalue weighted by Gasteiger charge is -2.07. The zero-order valence-corrected chi connectivity index (χ0v) is 14.9. The lowest BCUT2D eigenvalue weighted by molar-refractivity contribution is -0.384. The lowest BCUT2D eigenvalue weighted by atomic mass is 10.2. The molecule has 1 N–H and O–H groups in total. The van der Waals surface area contributed by atoms with Gasteiger partial charge in [0.2, 0.25) is 0 Å². The van der Waals surface area contributed by atoms with Crippen molar-refractivity contribution in [3.63, 3.8) is 0 Å². The summed E-state index contributed by atoms with van der Waals surface area (Å²) in [5.74, 6) is -1.08. The molecule has 0 radical (unpaired) electrons. The highest BCUT2D eigenvalue weighted by Crippen LogP contribution is 2.24. The summed E-state index contributed by atoms with van der Waals surface area (Å²) in [4.78, 5) is 38.6. The molecule has 1 heterocycles. The van der Waals surface area contributed by atoms with Gasteiger partial charge in [-0.2, -0.15) is 5.10 Å². The van der Waals surface area contributed by atoms with Crippen LogP contribution in [-0.2, 0) is 0 Å². The molecule has 1 aromatic heterocycles. The normalized spacial score (nSPS) is 10.5. The van der Waals surface area contributed by atoms with Crippen molar-refractivity contribution in [1.29, 1.82) is 0 Å². The summed E-state index contributed by atoms with van der Waals surface area (Å²) >= 11 is 0. The van der Waals surface area contributed by atoms with Gasteiger partial charge in [0, 0.05) is 30.1 Å². The van der Waals surface area contributed by atoms with E-state index in [1.54, 1.807) is 42.5 Å². The molecular formula is C20H14N4O5. The minimum Gasteiger partial charge on any atom is -0.422 e. The number of nitro benzene ring substituents is 1. The van der Waals surface area contributed by atoms with Crippen molar-refractivity contribution in [2.75, 3.05) is 0 Å². The molecule has 0 aliphatic carbocycles. The Balaban J connectivity index is 1.81. The van der Waals surface area contributed by atoms with Crippen LogP contribution in [0.25, 0.3) is 0 Å². The molecule has 3 rings (SSSR count). The number of ether oxygens (including phenoxy) is 1. The number of hydrogen-bond acceptors (Lipinski definition) is 7. The number of nitro groups is 1. The van der Waals surface area contributed by atoms with Crippen LogP contribution in [0.1, 0.15) is 26.3 Å². The van der Waals surface area contributed by atoms with Crippen LogP contribution in [0.2, 0.25) is 0 Å². The number of esters is 1. The lowest BCUT2D eigenvalue weighted by Crippen LogP contribution is -2.17. The average Bonchev–Trinajstić information content (AvgIpc) is 2.75. The summed E-state index contributed by atoms with van der Waals surface area (Å²) in [7, 11) is 0. The van der Waals surface area contributed by atoms with Gasteiger partial charge in [-0.3, -0.25) is 19.9 Å². The second-order valence-corrected chi connectivity index (χ2v) is 5.68. The Labute approximate surface area is 164 Å². The number of pyridine rings is 1. The molecule has 29 heavy (non-hydrogen) atoms. The molecule has 0 aliphatic heterocycles. The number of non-ortho nitro benzene ring substituents is 1. The standard InChI is InChI=1S/C20H14N4O5/c25-19(15-7-4-10-21-12-15)23-22-13-16-11-17(24(27)28)8-9-18(16)29-20(26)14-5-2-1-3-6-14/h1-13H,(H,23,25)/b22-13-. The molecule has 0 atom stereocenters. The maximum Gasteiger partial charge on any atom is 0.343 e. The first-order chi connectivity index (χ1) is 14.0. The molecule has 0 bridgehead atoms. The third-order valence-corrected chi connectivity index (χ3v) is 3.71. The number of carbonyl (C=O) groups is 2. The van der Waals surface area contributed by atoms with Crippen molar-refractivity contribution in [2.45, 2.75) is 0 Å². The predicted molar refractivity (Wildman–Crippen MR) is 104 cm³/mol. The number of amides is 1. The van der Waals surface area contributed by atoms with Crippen molar-refractivity contribution >= 4 is 23.8 Å². The summed E-state index contributed by atoms with van der Waals surface area (Å²) < 4.78 is 5.33. The fourth-order valence-electron chi connectivity index (χ4n) is 2.30. The Bertz CT molecular complexity index is 1070. The summed E-state index contributed by atoms with van der Waals surface area (Å²) in [6.07, 6.45) is 4.05. The van der Waals surface area contributed by atoms with E-state index in [0.717, 1.165) is 6.21 Å². The molecule has 0 spiro atoms. The van der Waals surface area contributed by atoms with E-state index in [9.17, 15) is 19.7 Å². The maximum atomic E-state index is 12.3. The second kappa shape index (κ2) is 9.00.